The van der Waals surface area contributed by atoms with E-state index >= 15 is 0 Å². The van der Waals surface area contributed by atoms with Gasteiger partial charge in [-0.2, -0.15) is 0 Å². The molecule has 24 heavy (non-hydrogen) atoms. The van der Waals surface area contributed by atoms with E-state index in [1.54, 1.807) is 16.8 Å². The number of benzene rings is 3. The van der Waals surface area contributed by atoms with E-state index in [1.165, 1.54) is 0 Å². The lowest BCUT2D eigenvalue weighted by Crippen LogP contribution is -1.99. The Labute approximate surface area is 139 Å². The summed E-state index contributed by atoms with van der Waals surface area (Å²) in [6.07, 6.45) is 0. The minimum absolute atomic E-state index is 0.190. The maximum absolute atomic E-state index is 10.2. The molecule has 4 aromatic rings. The number of hydrogen-bond donors (Lipinski definition) is 1. The van der Waals surface area contributed by atoms with E-state index in [0.717, 1.165) is 16.9 Å². The van der Waals surface area contributed by atoms with Crippen LogP contribution in [0.3, 0.4) is 0 Å². The van der Waals surface area contributed by atoms with Gasteiger partial charge >= 0.3 is 0 Å². The van der Waals surface area contributed by atoms with Crippen LogP contribution in [-0.2, 0) is 0 Å². The second kappa shape index (κ2) is 6.01. The molecule has 4 rings (SSSR count). The third-order valence-electron chi connectivity index (χ3n) is 3.88. The van der Waals surface area contributed by atoms with E-state index in [0.29, 0.717) is 11.3 Å². The van der Waals surface area contributed by atoms with Gasteiger partial charge < -0.3 is 5.11 Å². The van der Waals surface area contributed by atoms with Gasteiger partial charge in [-0.05, 0) is 24.3 Å². The molecule has 1 aromatic heterocycles. The Morgan fingerprint density at radius 1 is 0.708 bits per heavy atom. The zero-order valence-electron chi connectivity index (χ0n) is 12.9. The largest absolute Gasteiger partial charge is 0.507 e. The summed E-state index contributed by atoms with van der Waals surface area (Å²) < 4.78 is 1.80. The van der Waals surface area contributed by atoms with Gasteiger partial charge in [-0.25, -0.2) is 4.68 Å². The summed E-state index contributed by atoms with van der Waals surface area (Å²) in [5, 5.41) is 18.9. The molecule has 0 aliphatic carbocycles. The van der Waals surface area contributed by atoms with E-state index in [1.807, 2.05) is 72.8 Å². The van der Waals surface area contributed by atoms with Gasteiger partial charge in [0.05, 0.1) is 5.69 Å². The van der Waals surface area contributed by atoms with Gasteiger partial charge in [-0.15, -0.1) is 5.10 Å². The van der Waals surface area contributed by atoms with Crippen LogP contribution in [0.5, 0.6) is 5.75 Å². The van der Waals surface area contributed by atoms with Gasteiger partial charge in [-0.3, -0.25) is 0 Å². The SMILES string of the molecule is Oc1ccccc1-c1nnn(-c2ccccc2)c1-c1ccccc1. The van der Waals surface area contributed by atoms with Gasteiger partial charge in [0.2, 0.25) is 0 Å². The van der Waals surface area contributed by atoms with Crippen LogP contribution in [0.15, 0.2) is 84.9 Å². The van der Waals surface area contributed by atoms with Crippen molar-refractivity contribution in [3.8, 4) is 34.0 Å². The number of nitrogens with zero attached hydrogens (tertiary/aromatic N) is 3. The number of phenolic OH excluding ortho intramolecular Hbond substituents is 1. The Hall–Kier alpha value is -3.40. The van der Waals surface area contributed by atoms with Crippen molar-refractivity contribution in [2.75, 3.05) is 0 Å². The molecule has 0 bridgehead atoms. The Bertz CT molecular complexity index is 963. The monoisotopic (exact) mass is 313 g/mol. The fourth-order valence-electron chi connectivity index (χ4n) is 2.74. The number of para-hydroxylation sites is 2. The van der Waals surface area contributed by atoms with Crippen molar-refractivity contribution in [3.63, 3.8) is 0 Å². The zero-order chi connectivity index (χ0) is 16.4. The lowest BCUT2D eigenvalue weighted by Gasteiger charge is -2.09. The summed E-state index contributed by atoms with van der Waals surface area (Å²) in [5.41, 5.74) is 4.08. The predicted octanol–water partition coefficient (Wildman–Crippen LogP) is 4.31. The van der Waals surface area contributed by atoms with Crippen LogP contribution in [0.25, 0.3) is 28.2 Å². The first-order valence-electron chi connectivity index (χ1n) is 7.69. The molecular weight excluding hydrogens is 298 g/mol. The van der Waals surface area contributed by atoms with Crippen LogP contribution in [0.1, 0.15) is 0 Å². The summed E-state index contributed by atoms with van der Waals surface area (Å²) in [6, 6.07) is 27.0. The molecule has 0 unspecified atom stereocenters. The van der Waals surface area contributed by atoms with Gasteiger partial charge in [0.25, 0.3) is 0 Å². The molecule has 0 spiro atoms. The van der Waals surface area contributed by atoms with Crippen LogP contribution in [0.4, 0.5) is 0 Å². The highest BCUT2D eigenvalue weighted by molar-refractivity contribution is 5.81. The zero-order valence-corrected chi connectivity index (χ0v) is 12.9. The molecule has 4 heteroatoms. The van der Waals surface area contributed by atoms with Crippen LogP contribution in [0.2, 0.25) is 0 Å². The van der Waals surface area contributed by atoms with Crippen molar-refractivity contribution in [2.24, 2.45) is 0 Å². The molecule has 4 nitrogen and oxygen atoms in total. The molecule has 1 heterocycles. The van der Waals surface area contributed by atoms with Gasteiger partial charge in [-0.1, -0.05) is 65.9 Å². The summed E-state index contributed by atoms with van der Waals surface area (Å²) >= 11 is 0. The molecule has 0 saturated heterocycles. The van der Waals surface area contributed by atoms with E-state index < -0.39 is 0 Å². The average Bonchev–Trinajstić information content (AvgIpc) is 3.08. The molecule has 0 atom stereocenters. The third kappa shape index (κ3) is 2.44. The quantitative estimate of drug-likeness (QED) is 0.613. The molecule has 1 N–H and O–H groups in total. The molecule has 0 fully saturated rings. The average molecular weight is 313 g/mol. The second-order valence-electron chi connectivity index (χ2n) is 5.42. The topological polar surface area (TPSA) is 50.9 Å². The normalized spacial score (nSPS) is 10.7. The van der Waals surface area contributed by atoms with Crippen LogP contribution >= 0.6 is 0 Å². The van der Waals surface area contributed by atoms with Gasteiger partial charge in [0.15, 0.2) is 0 Å². The van der Waals surface area contributed by atoms with Crippen LogP contribution in [-0.4, -0.2) is 20.1 Å². The molecular formula is C20H15N3O. The number of rotatable bonds is 3. The maximum atomic E-state index is 10.2. The molecule has 0 radical (unpaired) electrons. The summed E-state index contributed by atoms with van der Waals surface area (Å²) in [4.78, 5) is 0. The summed E-state index contributed by atoms with van der Waals surface area (Å²) in [6.45, 7) is 0. The highest BCUT2D eigenvalue weighted by atomic mass is 16.3. The predicted molar refractivity (Wildman–Crippen MR) is 93.9 cm³/mol. The Morgan fingerprint density at radius 2 is 1.33 bits per heavy atom. The summed E-state index contributed by atoms with van der Waals surface area (Å²) in [7, 11) is 0. The van der Waals surface area contributed by atoms with E-state index in [4.69, 9.17) is 0 Å². The number of aromatic nitrogens is 3. The van der Waals surface area contributed by atoms with Crippen LogP contribution < -0.4 is 0 Å². The Morgan fingerprint density at radius 3 is 2.04 bits per heavy atom. The van der Waals surface area contributed by atoms with E-state index in [-0.39, 0.29) is 5.75 Å². The van der Waals surface area contributed by atoms with Crippen molar-refractivity contribution in [1.29, 1.82) is 0 Å². The standard InChI is InChI=1S/C20H15N3O/c24-18-14-8-7-13-17(18)19-20(15-9-3-1-4-10-15)23(22-21-19)16-11-5-2-6-12-16/h1-14,24H. The number of hydrogen-bond acceptors (Lipinski definition) is 3. The number of phenols is 1. The minimum Gasteiger partial charge on any atom is -0.507 e. The van der Waals surface area contributed by atoms with Crippen molar-refractivity contribution in [2.45, 2.75) is 0 Å². The van der Waals surface area contributed by atoms with Crippen molar-refractivity contribution in [1.82, 2.24) is 15.0 Å². The minimum atomic E-state index is 0.190. The first-order chi connectivity index (χ1) is 11.8. The molecule has 0 saturated carbocycles. The fourth-order valence-corrected chi connectivity index (χ4v) is 2.74. The highest BCUT2D eigenvalue weighted by Crippen LogP contribution is 2.35. The Kier molecular flexibility index (Phi) is 3.56. The first-order valence-corrected chi connectivity index (χ1v) is 7.69. The third-order valence-corrected chi connectivity index (χ3v) is 3.88. The molecule has 116 valence electrons. The molecule has 0 amide bonds. The van der Waals surface area contributed by atoms with E-state index in [2.05, 4.69) is 10.3 Å². The highest BCUT2D eigenvalue weighted by Gasteiger charge is 2.19. The first kappa shape index (κ1) is 14.2. The van der Waals surface area contributed by atoms with Crippen LogP contribution in [0, 0.1) is 0 Å². The van der Waals surface area contributed by atoms with Gasteiger partial charge in [0.1, 0.15) is 17.1 Å². The van der Waals surface area contributed by atoms with Crippen molar-refractivity contribution < 1.29 is 5.11 Å². The molecule has 3 aromatic carbocycles. The maximum Gasteiger partial charge on any atom is 0.125 e. The molecule has 0 aliphatic rings. The second-order valence-corrected chi connectivity index (χ2v) is 5.42. The lowest BCUT2D eigenvalue weighted by atomic mass is 10.0. The lowest BCUT2D eigenvalue weighted by molar-refractivity contribution is 0.477. The smallest absolute Gasteiger partial charge is 0.125 e. The van der Waals surface area contributed by atoms with E-state index in [9.17, 15) is 5.11 Å². The van der Waals surface area contributed by atoms with Gasteiger partial charge in [0, 0.05) is 11.1 Å². The number of aromatic hydroxyl groups is 1. The Balaban J connectivity index is 2.00. The molecule has 0 aliphatic heterocycles. The summed E-state index contributed by atoms with van der Waals surface area (Å²) in [5.74, 6) is 0.190. The van der Waals surface area contributed by atoms with Crippen molar-refractivity contribution in [3.05, 3.63) is 84.9 Å². The van der Waals surface area contributed by atoms with Crippen molar-refractivity contribution >= 4 is 0 Å². The fraction of sp³-hybridized carbons (Fsp3) is 0.